The smallest absolute Gasteiger partial charge is 0.275 e. The van der Waals surface area contributed by atoms with E-state index >= 15 is 0 Å². The van der Waals surface area contributed by atoms with Crippen LogP contribution in [0.5, 0.6) is 28.7 Å². The number of carbonyl (C=O) groups is 1. The number of nitrogens with one attached hydrogen (secondary N) is 2. The molecule has 0 atom stereocenters. The molecular formula is C23H23N5O5. The molecule has 0 aliphatic carbocycles. The molecule has 0 saturated carbocycles. The Bertz CT molecular complexity index is 1260. The maximum atomic E-state index is 12.4. The van der Waals surface area contributed by atoms with Gasteiger partial charge in [-0.1, -0.05) is 0 Å². The van der Waals surface area contributed by atoms with Crippen molar-refractivity contribution in [2.45, 2.75) is 13.5 Å². The van der Waals surface area contributed by atoms with Crippen LogP contribution in [0, 0.1) is 0 Å². The van der Waals surface area contributed by atoms with E-state index in [9.17, 15) is 4.79 Å². The third-order valence-corrected chi connectivity index (χ3v) is 4.78. The number of aromatic nitrogens is 4. The standard InChI is InChI=1S/C23H23N5O5/c1-4-32-21-13-27-28-22(21)23(29)26-11-14-5-6-15(12-25-14)33-18-7-8-24-17-10-20(31-3)19(30-2)9-16(17)18/h5-10,12-13H,4,11H2,1-3H3,(H,26,29)(H,27,28). The maximum Gasteiger partial charge on any atom is 0.275 e. The highest BCUT2D eigenvalue weighted by Gasteiger charge is 2.16. The van der Waals surface area contributed by atoms with Crippen molar-refractivity contribution in [2.75, 3.05) is 20.8 Å². The fourth-order valence-corrected chi connectivity index (χ4v) is 3.20. The molecule has 4 rings (SSSR count). The summed E-state index contributed by atoms with van der Waals surface area (Å²) in [4.78, 5) is 21.1. The molecule has 0 fully saturated rings. The van der Waals surface area contributed by atoms with Crippen molar-refractivity contribution in [3.8, 4) is 28.7 Å². The molecule has 4 aromatic rings. The first-order valence-corrected chi connectivity index (χ1v) is 10.2. The largest absolute Gasteiger partial charge is 0.493 e. The van der Waals surface area contributed by atoms with Crippen molar-refractivity contribution in [3.63, 3.8) is 0 Å². The van der Waals surface area contributed by atoms with Gasteiger partial charge in [-0.3, -0.25) is 19.9 Å². The summed E-state index contributed by atoms with van der Waals surface area (Å²) in [6, 6.07) is 8.93. The van der Waals surface area contributed by atoms with Gasteiger partial charge < -0.3 is 24.3 Å². The Balaban J connectivity index is 1.45. The van der Waals surface area contributed by atoms with Gasteiger partial charge in [-0.15, -0.1) is 0 Å². The lowest BCUT2D eigenvalue weighted by molar-refractivity contribution is 0.0941. The highest BCUT2D eigenvalue weighted by molar-refractivity contribution is 5.94. The lowest BCUT2D eigenvalue weighted by atomic mass is 10.2. The van der Waals surface area contributed by atoms with Crippen LogP contribution in [-0.2, 0) is 6.54 Å². The Labute approximate surface area is 189 Å². The summed E-state index contributed by atoms with van der Waals surface area (Å²) in [5.41, 5.74) is 1.57. The normalized spacial score (nSPS) is 10.6. The van der Waals surface area contributed by atoms with E-state index in [1.807, 2.05) is 13.0 Å². The molecule has 1 aromatic carbocycles. The highest BCUT2D eigenvalue weighted by atomic mass is 16.5. The summed E-state index contributed by atoms with van der Waals surface area (Å²) < 4.78 is 22.1. The molecule has 0 spiro atoms. The zero-order chi connectivity index (χ0) is 23.2. The molecule has 10 nitrogen and oxygen atoms in total. The number of fused-ring (bicyclic) bond motifs is 1. The van der Waals surface area contributed by atoms with Crippen LogP contribution in [0.2, 0.25) is 0 Å². The van der Waals surface area contributed by atoms with Crippen LogP contribution in [-0.4, -0.2) is 46.9 Å². The predicted molar refractivity (Wildman–Crippen MR) is 120 cm³/mol. The van der Waals surface area contributed by atoms with Crippen LogP contribution in [0.15, 0.2) is 48.9 Å². The number of hydrogen-bond donors (Lipinski definition) is 2. The van der Waals surface area contributed by atoms with Crippen molar-refractivity contribution >= 4 is 16.8 Å². The molecule has 1 amide bonds. The minimum absolute atomic E-state index is 0.202. The van der Waals surface area contributed by atoms with Crippen molar-refractivity contribution in [1.82, 2.24) is 25.5 Å². The molecule has 0 aliphatic rings. The molecular weight excluding hydrogens is 426 g/mol. The molecule has 170 valence electrons. The fraction of sp³-hybridized carbons (Fsp3) is 0.217. The molecule has 0 aliphatic heterocycles. The van der Waals surface area contributed by atoms with Crippen LogP contribution in [0.3, 0.4) is 0 Å². The van der Waals surface area contributed by atoms with E-state index < -0.39 is 0 Å². The number of rotatable bonds is 9. The average molecular weight is 449 g/mol. The van der Waals surface area contributed by atoms with Gasteiger partial charge in [0.2, 0.25) is 0 Å². The molecule has 0 bridgehead atoms. The van der Waals surface area contributed by atoms with Gasteiger partial charge in [0.05, 0.1) is 51.0 Å². The van der Waals surface area contributed by atoms with E-state index in [0.717, 1.165) is 5.39 Å². The fourth-order valence-electron chi connectivity index (χ4n) is 3.20. The monoisotopic (exact) mass is 449 g/mol. The summed E-state index contributed by atoms with van der Waals surface area (Å²) in [6.45, 7) is 2.51. The minimum atomic E-state index is -0.352. The topological polar surface area (TPSA) is 120 Å². The molecule has 0 radical (unpaired) electrons. The second kappa shape index (κ2) is 9.86. The highest BCUT2D eigenvalue weighted by Crippen LogP contribution is 2.36. The number of aromatic amines is 1. The van der Waals surface area contributed by atoms with Crippen molar-refractivity contribution in [2.24, 2.45) is 0 Å². The Morgan fingerprint density at radius 3 is 2.58 bits per heavy atom. The van der Waals surface area contributed by atoms with Gasteiger partial charge in [0.1, 0.15) is 11.5 Å². The quantitative estimate of drug-likeness (QED) is 0.398. The van der Waals surface area contributed by atoms with Gasteiger partial charge in [-0.05, 0) is 31.2 Å². The predicted octanol–water partition coefficient (Wildman–Crippen LogP) is 3.49. The van der Waals surface area contributed by atoms with Crippen LogP contribution in [0.1, 0.15) is 23.1 Å². The second-order valence-corrected chi connectivity index (χ2v) is 6.83. The number of nitrogens with zero attached hydrogens (tertiary/aromatic N) is 3. The lowest BCUT2D eigenvalue weighted by Crippen LogP contribution is -2.24. The Hall–Kier alpha value is -4.34. The molecule has 2 N–H and O–H groups in total. The molecule has 0 saturated heterocycles. The van der Waals surface area contributed by atoms with Crippen LogP contribution >= 0.6 is 0 Å². The van der Waals surface area contributed by atoms with Crippen LogP contribution < -0.4 is 24.3 Å². The molecule has 10 heteroatoms. The number of carbonyl (C=O) groups excluding carboxylic acids is 1. The van der Waals surface area contributed by atoms with Crippen LogP contribution in [0.4, 0.5) is 0 Å². The zero-order valence-corrected chi connectivity index (χ0v) is 18.4. The molecule has 3 heterocycles. The lowest BCUT2D eigenvalue weighted by Gasteiger charge is -2.12. The second-order valence-electron chi connectivity index (χ2n) is 6.83. The summed E-state index contributed by atoms with van der Waals surface area (Å²) in [5, 5.41) is 10.1. The SMILES string of the molecule is CCOc1c[nH]nc1C(=O)NCc1ccc(Oc2ccnc3cc(OC)c(OC)cc23)cn1. The third kappa shape index (κ3) is 4.79. The number of benzene rings is 1. The van der Waals surface area contributed by atoms with Crippen molar-refractivity contribution in [3.05, 3.63) is 60.3 Å². The Kier molecular flexibility index (Phi) is 6.53. The summed E-state index contributed by atoms with van der Waals surface area (Å²) >= 11 is 0. The number of hydrogen-bond acceptors (Lipinski definition) is 8. The third-order valence-electron chi connectivity index (χ3n) is 4.78. The molecule has 3 aromatic heterocycles. The van der Waals surface area contributed by atoms with Crippen molar-refractivity contribution < 1.29 is 23.7 Å². The first-order chi connectivity index (χ1) is 16.1. The number of ether oxygens (including phenoxy) is 4. The first kappa shape index (κ1) is 21.9. The number of amides is 1. The Morgan fingerprint density at radius 2 is 1.85 bits per heavy atom. The average Bonchev–Trinajstić information content (AvgIpc) is 3.31. The van der Waals surface area contributed by atoms with Gasteiger partial charge in [0.15, 0.2) is 22.9 Å². The number of pyridine rings is 2. The van der Waals surface area contributed by atoms with Gasteiger partial charge in [-0.2, -0.15) is 5.10 Å². The van der Waals surface area contributed by atoms with E-state index in [-0.39, 0.29) is 18.1 Å². The van der Waals surface area contributed by atoms with E-state index in [1.54, 1.807) is 50.9 Å². The van der Waals surface area contributed by atoms with Gasteiger partial charge in [-0.25, -0.2) is 0 Å². The number of methoxy groups -OCH3 is 2. The van der Waals surface area contributed by atoms with Gasteiger partial charge in [0.25, 0.3) is 5.91 Å². The van der Waals surface area contributed by atoms with Gasteiger partial charge >= 0.3 is 0 Å². The molecule has 33 heavy (non-hydrogen) atoms. The van der Waals surface area contributed by atoms with Crippen molar-refractivity contribution in [1.29, 1.82) is 0 Å². The summed E-state index contributed by atoms with van der Waals surface area (Å²) in [5.74, 6) is 2.37. The maximum absolute atomic E-state index is 12.4. The summed E-state index contributed by atoms with van der Waals surface area (Å²) in [6.07, 6.45) is 4.79. The minimum Gasteiger partial charge on any atom is -0.493 e. The number of H-pyrrole nitrogens is 1. The Morgan fingerprint density at radius 1 is 1.03 bits per heavy atom. The van der Waals surface area contributed by atoms with E-state index in [2.05, 4.69) is 25.5 Å². The van der Waals surface area contributed by atoms with Gasteiger partial charge in [0, 0.05) is 17.6 Å². The summed E-state index contributed by atoms with van der Waals surface area (Å²) in [7, 11) is 3.15. The first-order valence-electron chi connectivity index (χ1n) is 10.2. The van der Waals surface area contributed by atoms with Crippen LogP contribution in [0.25, 0.3) is 10.9 Å². The van der Waals surface area contributed by atoms with E-state index in [1.165, 1.54) is 6.20 Å². The molecule has 0 unspecified atom stereocenters. The zero-order valence-electron chi connectivity index (χ0n) is 18.4. The van der Waals surface area contributed by atoms with E-state index in [0.29, 0.717) is 46.6 Å². The van der Waals surface area contributed by atoms with E-state index in [4.69, 9.17) is 18.9 Å².